The van der Waals surface area contributed by atoms with Crippen molar-refractivity contribution in [3.05, 3.63) is 66.0 Å². The maximum atomic E-state index is 12.7. The fraction of sp³-hybridized carbons (Fsp3) is 0.393. The molecule has 3 aromatic rings. The number of rotatable bonds is 6. The number of amides is 1. The third kappa shape index (κ3) is 5.79. The molecular weight excluding hydrogens is 456 g/mol. The van der Waals surface area contributed by atoms with Crippen LogP contribution in [0.4, 0.5) is 0 Å². The van der Waals surface area contributed by atoms with Crippen LogP contribution in [0.25, 0.3) is 21.9 Å². The summed E-state index contributed by atoms with van der Waals surface area (Å²) in [6, 6.07) is 14.4. The van der Waals surface area contributed by atoms with E-state index < -0.39 is 13.7 Å². The van der Waals surface area contributed by atoms with E-state index in [1.54, 1.807) is 30.3 Å². The Morgan fingerprint density at radius 1 is 1.06 bits per heavy atom. The molecule has 1 amide bonds. The number of pyridine rings is 1. The summed E-state index contributed by atoms with van der Waals surface area (Å²) in [4.78, 5) is 30.5. The number of fused-ring (bicyclic) bond motifs is 1. The Bertz CT molecular complexity index is 1230. The van der Waals surface area contributed by atoms with Gasteiger partial charge in [-0.05, 0) is 47.5 Å². The summed E-state index contributed by atoms with van der Waals surface area (Å²) in [6.45, 7) is 9.90. The maximum absolute atomic E-state index is 12.7. The van der Waals surface area contributed by atoms with Crippen molar-refractivity contribution >= 4 is 30.7 Å². The highest BCUT2D eigenvalue weighted by Gasteiger charge is 2.34. The quantitative estimate of drug-likeness (QED) is 0.378. The molecule has 0 radical (unpaired) electrons. The van der Waals surface area contributed by atoms with Gasteiger partial charge < -0.3 is 14.7 Å². The number of carbonyl (C=O) groups is 2. The second kappa shape index (κ2) is 9.91. The van der Waals surface area contributed by atoms with Crippen LogP contribution in [-0.4, -0.2) is 54.6 Å². The second-order valence-corrected chi connectivity index (χ2v) is 16.3. The van der Waals surface area contributed by atoms with Crippen LogP contribution in [0.5, 0.6) is 0 Å². The molecule has 1 aliphatic heterocycles. The summed E-state index contributed by atoms with van der Waals surface area (Å²) in [5.41, 5.74) is 2.33. The van der Waals surface area contributed by atoms with Crippen molar-refractivity contribution in [2.75, 3.05) is 19.7 Å². The molecule has 1 saturated heterocycles. The fourth-order valence-corrected chi connectivity index (χ4v) is 5.21. The van der Waals surface area contributed by atoms with Gasteiger partial charge in [-0.15, -0.1) is 0 Å². The molecule has 2 heterocycles. The van der Waals surface area contributed by atoms with Gasteiger partial charge in [0.15, 0.2) is 0 Å². The molecule has 1 fully saturated rings. The summed E-state index contributed by atoms with van der Waals surface area (Å²) in [7, 11) is -1.27. The number of ether oxygens (including phenoxy) is 1. The van der Waals surface area contributed by atoms with E-state index in [4.69, 9.17) is 4.74 Å². The van der Waals surface area contributed by atoms with Crippen LogP contribution in [0.3, 0.4) is 0 Å². The summed E-state index contributed by atoms with van der Waals surface area (Å²) >= 11 is 0. The first kappa shape index (κ1) is 25.1. The Morgan fingerprint density at radius 2 is 1.74 bits per heavy atom. The van der Waals surface area contributed by atoms with Crippen LogP contribution in [0.15, 0.2) is 54.9 Å². The predicted molar refractivity (Wildman–Crippen MR) is 141 cm³/mol. The van der Waals surface area contributed by atoms with Crippen LogP contribution in [0.1, 0.15) is 35.7 Å². The van der Waals surface area contributed by atoms with Crippen LogP contribution in [0.2, 0.25) is 25.7 Å². The van der Waals surface area contributed by atoms with E-state index in [-0.39, 0.29) is 11.9 Å². The molecule has 0 unspecified atom stereocenters. The van der Waals surface area contributed by atoms with Gasteiger partial charge in [-0.2, -0.15) is 0 Å². The number of carbonyl (C=O) groups excluding carboxylic acids is 2. The summed E-state index contributed by atoms with van der Waals surface area (Å²) in [6.07, 6.45) is 4.63. The zero-order chi connectivity index (χ0) is 25.2. The van der Waals surface area contributed by atoms with E-state index in [0.29, 0.717) is 38.1 Å². The van der Waals surface area contributed by atoms with Crippen molar-refractivity contribution in [2.45, 2.75) is 51.1 Å². The molecule has 184 valence electrons. The maximum Gasteiger partial charge on any atom is 0.338 e. The molecule has 1 aliphatic rings. The van der Waals surface area contributed by atoms with Gasteiger partial charge in [0.25, 0.3) is 0 Å². The zero-order valence-electron chi connectivity index (χ0n) is 21.0. The lowest BCUT2D eigenvalue weighted by Gasteiger charge is -2.38. The molecule has 7 heteroatoms. The lowest BCUT2D eigenvalue weighted by Crippen LogP contribution is -2.44. The highest BCUT2D eigenvalue weighted by Crippen LogP contribution is 2.35. The highest BCUT2D eigenvalue weighted by molar-refractivity contribution is 6.76. The minimum atomic E-state index is -1.27. The van der Waals surface area contributed by atoms with Crippen molar-refractivity contribution in [1.82, 2.24) is 9.88 Å². The first-order valence-electron chi connectivity index (χ1n) is 12.2. The van der Waals surface area contributed by atoms with Gasteiger partial charge in [0.1, 0.15) is 0 Å². The van der Waals surface area contributed by atoms with Crippen LogP contribution >= 0.6 is 0 Å². The molecule has 2 aromatic carbocycles. The van der Waals surface area contributed by atoms with E-state index in [1.165, 1.54) is 0 Å². The van der Waals surface area contributed by atoms with Crippen molar-refractivity contribution < 1.29 is 19.4 Å². The first-order valence-corrected chi connectivity index (χ1v) is 15.9. The van der Waals surface area contributed by atoms with Crippen LogP contribution in [0, 0.1) is 0 Å². The van der Waals surface area contributed by atoms with Gasteiger partial charge in [0.2, 0.25) is 5.91 Å². The number of hydrogen-bond donors (Lipinski definition) is 1. The molecule has 0 atom stereocenters. The number of piperidine rings is 1. The van der Waals surface area contributed by atoms with Crippen LogP contribution < -0.4 is 0 Å². The monoisotopic (exact) mass is 490 g/mol. The van der Waals surface area contributed by atoms with E-state index >= 15 is 0 Å². The largest absolute Gasteiger partial charge is 0.462 e. The minimum absolute atomic E-state index is 0.0464. The SMILES string of the molecule is CC(=O)N1CCC(O)(c2ccc(-c3cncc4ccc(C(=O)OCC[Si](C)(C)C)cc34)cc2)CC1. The minimum Gasteiger partial charge on any atom is -0.462 e. The average Bonchev–Trinajstić information content (AvgIpc) is 2.83. The molecule has 35 heavy (non-hydrogen) atoms. The Labute approximate surface area is 207 Å². The lowest BCUT2D eigenvalue weighted by molar-refractivity contribution is -0.133. The smallest absolute Gasteiger partial charge is 0.338 e. The Hall–Kier alpha value is -3.03. The van der Waals surface area contributed by atoms with Gasteiger partial charge in [0.05, 0.1) is 17.8 Å². The van der Waals surface area contributed by atoms with Gasteiger partial charge in [-0.1, -0.05) is 50.0 Å². The van der Waals surface area contributed by atoms with Crippen molar-refractivity contribution in [3.63, 3.8) is 0 Å². The second-order valence-electron chi connectivity index (χ2n) is 10.7. The average molecular weight is 491 g/mol. The Kier molecular flexibility index (Phi) is 7.10. The molecule has 0 aliphatic carbocycles. The third-order valence-corrected chi connectivity index (χ3v) is 8.55. The molecule has 0 saturated carbocycles. The van der Waals surface area contributed by atoms with E-state index in [9.17, 15) is 14.7 Å². The van der Waals surface area contributed by atoms with Crippen LogP contribution in [-0.2, 0) is 15.1 Å². The van der Waals surface area contributed by atoms with Crippen molar-refractivity contribution in [3.8, 4) is 11.1 Å². The molecule has 6 nitrogen and oxygen atoms in total. The number of esters is 1. The number of hydrogen-bond acceptors (Lipinski definition) is 5. The van der Waals surface area contributed by atoms with Gasteiger partial charge in [0, 0.05) is 51.4 Å². The molecule has 4 rings (SSSR count). The fourth-order valence-electron chi connectivity index (χ4n) is 4.49. The standard InChI is InChI=1S/C28H34N2O4Si/c1-20(31)30-13-11-28(33,12-14-30)24-9-7-21(8-10-24)26-19-29-18-23-6-5-22(17-25(23)26)27(32)34-15-16-35(2,3)4/h5-10,17-19,33H,11-16H2,1-4H3. The van der Waals surface area contributed by atoms with Crippen molar-refractivity contribution in [2.24, 2.45) is 0 Å². The zero-order valence-corrected chi connectivity index (χ0v) is 22.0. The van der Waals surface area contributed by atoms with Gasteiger partial charge >= 0.3 is 5.97 Å². The van der Waals surface area contributed by atoms with Gasteiger partial charge in [-0.3, -0.25) is 9.78 Å². The lowest BCUT2D eigenvalue weighted by atomic mass is 9.83. The number of likely N-dealkylation sites (tertiary alicyclic amines) is 1. The Balaban J connectivity index is 1.56. The highest BCUT2D eigenvalue weighted by atomic mass is 28.3. The normalized spacial score (nSPS) is 15.7. The number of nitrogens with zero attached hydrogens (tertiary/aromatic N) is 2. The number of aromatic nitrogens is 1. The van der Waals surface area contributed by atoms with Gasteiger partial charge in [-0.25, -0.2) is 4.79 Å². The summed E-state index contributed by atoms with van der Waals surface area (Å²) < 4.78 is 5.54. The molecule has 1 aromatic heterocycles. The Morgan fingerprint density at radius 3 is 2.37 bits per heavy atom. The topological polar surface area (TPSA) is 79.7 Å². The number of aliphatic hydroxyl groups is 1. The van der Waals surface area contributed by atoms with E-state index in [2.05, 4.69) is 24.6 Å². The predicted octanol–water partition coefficient (Wildman–Crippen LogP) is 5.23. The first-order chi connectivity index (χ1) is 16.6. The van der Waals surface area contributed by atoms with Crippen molar-refractivity contribution in [1.29, 1.82) is 0 Å². The molecule has 0 spiro atoms. The molecule has 0 bridgehead atoms. The molecule has 1 N–H and O–H groups in total. The summed E-state index contributed by atoms with van der Waals surface area (Å²) in [5, 5.41) is 13.1. The third-order valence-electron chi connectivity index (χ3n) is 6.85. The summed E-state index contributed by atoms with van der Waals surface area (Å²) in [5.74, 6) is -0.257. The van der Waals surface area contributed by atoms with E-state index in [0.717, 1.165) is 33.5 Å². The number of benzene rings is 2. The molecular formula is C28H34N2O4Si. The van der Waals surface area contributed by atoms with E-state index in [1.807, 2.05) is 36.4 Å².